The lowest BCUT2D eigenvalue weighted by Gasteiger charge is -2.09. The number of ether oxygens (including phenoxy) is 2. The van der Waals surface area contributed by atoms with Gasteiger partial charge in [-0.25, -0.2) is 4.79 Å². The van der Waals surface area contributed by atoms with E-state index in [2.05, 4.69) is 6.92 Å². The summed E-state index contributed by atoms with van der Waals surface area (Å²) in [4.78, 5) is 12.1. The predicted octanol–water partition coefficient (Wildman–Crippen LogP) is 4.71. The topological polar surface area (TPSA) is 35.5 Å². The number of rotatable bonds is 6. The summed E-state index contributed by atoms with van der Waals surface area (Å²) in [5.74, 6) is 0.996. The molecule has 0 heterocycles. The van der Waals surface area contributed by atoms with E-state index in [-0.39, 0.29) is 0 Å². The molecule has 23 heavy (non-hydrogen) atoms. The summed E-state index contributed by atoms with van der Waals surface area (Å²) in [6.45, 7) is 6.55. The van der Waals surface area contributed by atoms with Crippen molar-refractivity contribution >= 4 is 12.0 Å². The van der Waals surface area contributed by atoms with Gasteiger partial charge in [-0.2, -0.15) is 0 Å². The number of carbonyl (C=O) groups excluding carboxylic acids is 1. The van der Waals surface area contributed by atoms with Crippen molar-refractivity contribution in [2.24, 2.45) is 0 Å². The summed E-state index contributed by atoms with van der Waals surface area (Å²) in [6, 6.07) is 13.4. The lowest BCUT2D eigenvalue weighted by Crippen LogP contribution is -2.06. The summed E-state index contributed by atoms with van der Waals surface area (Å²) < 4.78 is 11.1. The largest absolute Gasteiger partial charge is 0.493 e. The van der Waals surface area contributed by atoms with E-state index >= 15 is 0 Å². The second kappa shape index (κ2) is 8.18. The van der Waals surface area contributed by atoms with Gasteiger partial charge in [0.2, 0.25) is 0 Å². The Hall–Kier alpha value is -2.55. The molecule has 0 aliphatic carbocycles. The molecule has 3 heteroatoms. The van der Waals surface area contributed by atoms with E-state index in [9.17, 15) is 4.79 Å². The van der Waals surface area contributed by atoms with E-state index in [4.69, 9.17) is 9.47 Å². The minimum Gasteiger partial charge on any atom is -0.493 e. The normalized spacial score (nSPS) is 10.7. The number of hydrogen-bond acceptors (Lipinski definition) is 3. The van der Waals surface area contributed by atoms with Crippen LogP contribution < -0.4 is 9.47 Å². The minimum atomic E-state index is -0.396. The first kappa shape index (κ1) is 16.8. The third kappa shape index (κ3) is 4.71. The fourth-order valence-electron chi connectivity index (χ4n) is 2.21. The molecule has 0 amide bonds. The maximum Gasteiger partial charge on any atom is 0.336 e. The standard InChI is InChI=1S/C20H22O3/c1-4-14-22-18-11-6-5-10-17(18)12-13-19(21)23-20-15(2)8-7-9-16(20)3/h5-13H,4,14H2,1-3H3/b13-12+. The maximum absolute atomic E-state index is 12.1. The summed E-state index contributed by atoms with van der Waals surface area (Å²) >= 11 is 0. The maximum atomic E-state index is 12.1. The molecule has 0 radical (unpaired) electrons. The van der Waals surface area contributed by atoms with Crippen molar-refractivity contribution in [3.05, 3.63) is 65.2 Å². The van der Waals surface area contributed by atoms with Gasteiger partial charge in [0.25, 0.3) is 0 Å². The summed E-state index contributed by atoms with van der Waals surface area (Å²) in [7, 11) is 0. The van der Waals surface area contributed by atoms with E-state index in [1.165, 1.54) is 6.08 Å². The first-order chi connectivity index (χ1) is 11.1. The van der Waals surface area contributed by atoms with Crippen molar-refractivity contribution in [2.75, 3.05) is 6.61 Å². The van der Waals surface area contributed by atoms with Gasteiger partial charge in [-0.15, -0.1) is 0 Å². The van der Waals surface area contributed by atoms with Crippen LogP contribution in [0.4, 0.5) is 0 Å². The van der Waals surface area contributed by atoms with Crippen molar-refractivity contribution in [2.45, 2.75) is 27.2 Å². The van der Waals surface area contributed by atoms with Crippen LogP contribution >= 0.6 is 0 Å². The molecule has 2 aromatic rings. The highest BCUT2D eigenvalue weighted by atomic mass is 16.5. The van der Waals surface area contributed by atoms with Crippen LogP contribution in [0.3, 0.4) is 0 Å². The Labute approximate surface area is 137 Å². The molecule has 0 fully saturated rings. The molecule has 0 atom stereocenters. The Kier molecular flexibility index (Phi) is 5.98. The molecule has 3 nitrogen and oxygen atoms in total. The third-order valence-electron chi connectivity index (χ3n) is 3.39. The minimum absolute atomic E-state index is 0.396. The number of aryl methyl sites for hydroxylation is 2. The van der Waals surface area contributed by atoms with Gasteiger partial charge < -0.3 is 9.47 Å². The number of hydrogen-bond donors (Lipinski definition) is 0. The molecule has 0 saturated carbocycles. The molecule has 0 aliphatic heterocycles. The molecule has 0 spiro atoms. The second-order valence-corrected chi connectivity index (χ2v) is 5.36. The average Bonchev–Trinajstić information content (AvgIpc) is 2.55. The number of benzene rings is 2. The molecule has 120 valence electrons. The van der Waals surface area contributed by atoms with Crippen molar-refractivity contribution < 1.29 is 14.3 Å². The highest BCUT2D eigenvalue weighted by Crippen LogP contribution is 2.23. The van der Waals surface area contributed by atoms with Crippen LogP contribution in [0.1, 0.15) is 30.0 Å². The third-order valence-corrected chi connectivity index (χ3v) is 3.39. The lowest BCUT2D eigenvalue weighted by molar-refractivity contribution is -0.129. The van der Waals surface area contributed by atoms with Crippen molar-refractivity contribution in [1.29, 1.82) is 0 Å². The van der Waals surface area contributed by atoms with E-state index in [0.717, 1.165) is 28.9 Å². The number of para-hydroxylation sites is 2. The smallest absolute Gasteiger partial charge is 0.336 e. The highest BCUT2D eigenvalue weighted by molar-refractivity contribution is 5.89. The van der Waals surface area contributed by atoms with Crippen molar-refractivity contribution in [1.82, 2.24) is 0 Å². The average molecular weight is 310 g/mol. The monoisotopic (exact) mass is 310 g/mol. The van der Waals surface area contributed by atoms with Crippen LogP contribution in [-0.2, 0) is 4.79 Å². The molecule has 0 saturated heterocycles. The molecular weight excluding hydrogens is 288 g/mol. The fourth-order valence-corrected chi connectivity index (χ4v) is 2.21. The van der Waals surface area contributed by atoms with Gasteiger partial charge in [0.05, 0.1) is 6.61 Å². The van der Waals surface area contributed by atoms with Crippen LogP contribution in [0.5, 0.6) is 11.5 Å². The molecule has 0 bridgehead atoms. The summed E-state index contributed by atoms with van der Waals surface area (Å²) in [5.41, 5.74) is 2.75. The van der Waals surface area contributed by atoms with Gasteiger partial charge in [-0.05, 0) is 43.5 Å². The Morgan fingerprint density at radius 3 is 2.43 bits per heavy atom. The van der Waals surface area contributed by atoms with Gasteiger partial charge in [-0.1, -0.05) is 43.3 Å². The van der Waals surface area contributed by atoms with Crippen molar-refractivity contribution in [3.8, 4) is 11.5 Å². The van der Waals surface area contributed by atoms with E-state index in [0.29, 0.717) is 12.4 Å². The molecular formula is C20H22O3. The van der Waals surface area contributed by atoms with Crippen molar-refractivity contribution in [3.63, 3.8) is 0 Å². The van der Waals surface area contributed by atoms with Crippen LogP contribution in [0.25, 0.3) is 6.08 Å². The van der Waals surface area contributed by atoms with Crippen LogP contribution in [0, 0.1) is 13.8 Å². The quantitative estimate of drug-likeness (QED) is 0.440. The van der Waals surface area contributed by atoms with Gasteiger partial charge >= 0.3 is 5.97 Å². The summed E-state index contributed by atoms with van der Waals surface area (Å²) in [6.07, 6.45) is 4.09. The SMILES string of the molecule is CCCOc1ccccc1/C=C/C(=O)Oc1c(C)cccc1C. The molecule has 0 aliphatic rings. The fraction of sp³-hybridized carbons (Fsp3) is 0.250. The molecule has 2 aromatic carbocycles. The Morgan fingerprint density at radius 2 is 1.74 bits per heavy atom. The Balaban J connectivity index is 2.10. The summed E-state index contributed by atoms with van der Waals surface area (Å²) in [5, 5.41) is 0. The lowest BCUT2D eigenvalue weighted by atomic mass is 10.1. The van der Waals surface area contributed by atoms with Gasteiger partial charge in [0.15, 0.2) is 0 Å². The first-order valence-corrected chi connectivity index (χ1v) is 7.79. The van der Waals surface area contributed by atoms with Gasteiger partial charge in [0, 0.05) is 11.6 Å². The van der Waals surface area contributed by atoms with Crippen LogP contribution in [-0.4, -0.2) is 12.6 Å². The number of carbonyl (C=O) groups is 1. The number of esters is 1. The van der Waals surface area contributed by atoms with E-state index in [1.807, 2.05) is 56.3 Å². The van der Waals surface area contributed by atoms with Crippen LogP contribution in [0.2, 0.25) is 0 Å². The predicted molar refractivity (Wildman–Crippen MR) is 92.8 cm³/mol. The molecule has 2 rings (SSSR count). The van der Waals surface area contributed by atoms with E-state index in [1.54, 1.807) is 6.08 Å². The zero-order chi connectivity index (χ0) is 16.7. The van der Waals surface area contributed by atoms with Crippen LogP contribution in [0.15, 0.2) is 48.5 Å². The van der Waals surface area contributed by atoms with Gasteiger partial charge in [-0.3, -0.25) is 0 Å². The molecule has 0 unspecified atom stereocenters. The zero-order valence-electron chi connectivity index (χ0n) is 13.8. The second-order valence-electron chi connectivity index (χ2n) is 5.36. The van der Waals surface area contributed by atoms with E-state index < -0.39 is 5.97 Å². The first-order valence-electron chi connectivity index (χ1n) is 7.79. The molecule has 0 aromatic heterocycles. The van der Waals surface area contributed by atoms with Gasteiger partial charge in [0.1, 0.15) is 11.5 Å². The Bertz CT molecular complexity index is 682. The molecule has 0 N–H and O–H groups in total. The highest BCUT2D eigenvalue weighted by Gasteiger charge is 2.07. The zero-order valence-corrected chi connectivity index (χ0v) is 13.8. The Morgan fingerprint density at radius 1 is 1.04 bits per heavy atom.